The molecule has 0 saturated heterocycles. The van der Waals surface area contributed by atoms with E-state index in [1.807, 2.05) is 0 Å². The number of halogens is 2. The van der Waals surface area contributed by atoms with Gasteiger partial charge in [0.2, 0.25) is 0 Å². The Hall–Kier alpha value is -2.15. The number of aliphatic hydroxyl groups excluding tert-OH is 1. The lowest BCUT2D eigenvalue weighted by molar-refractivity contribution is 0.195. The van der Waals surface area contributed by atoms with Gasteiger partial charge in [0, 0.05) is 30.9 Å². The van der Waals surface area contributed by atoms with Crippen LogP contribution in [-0.2, 0) is 0 Å². The molecule has 1 aromatic rings. The molecule has 7 heteroatoms. The van der Waals surface area contributed by atoms with Crippen LogP contribution in [0, 0.1) is 11.6 Å². The van der Waals surface area contributed by atoms with Crippen LogP contribution in [0.25, 0.3) is 0 Å². The quantitative estimate of drug-likeness (QED) is 0.786. The lowest BCUT2D eigenvalue weighted by atomic mass is 10.2. The average Bonchev–Trinajstić information content (AvgIpc) is 2.38. The molecule has 1 rings (SSSR count). The number of nitrogens with one attached hydrogen (secondary N) is 1. The first-order valence-electron chi connectivity index (χ1n) is 5.84. The average molecular weight is 286 g/mol. The van der Waals surface area contributed by atoms with E-state index in [0.29, 0.717) is 0 Å². The number of hydrogen-bond acceptors (Lipinski definition) is 3. The Morgan fingerprint density at radius 3 is 2.55 bits per heavy atom. The second-order valence-corrected chi connectivity index (χ2v) is 3.86. The van der Waals surface area contributed by atoms with E-state index < -0.39 is 23.4 Å². The number of carbonyl (C=O) groups is 1. The Balaban J connectivity index is 2.86. The van der Waals surface area contributed by atoms with Crippen molar-refractivity contribution in [1.82, 2.24) is 4.90 Å². The number of urea groups is 1. The van der Waals surface area contributed by atoms with Gasteiger partial charge in [-0.1, -0.05) is 6.08 Å². The van der Waals surface area contributed by atoms with Gasteiger partial charge in [-0.15, -0.1) is 6.58 Å². The Morgan fingerprint density at radius 1 is 1.50 bits per heavy atom. The SMILES string of the molecule is C=CCN(CCO)C(=O)Nc1cc(F)c(OC)c(F)c1. The molecule has 5 nitrogen and oxygen atoms in total. The third-order valence-electron chi connectivity index (χ3n) is 2.46. The summed E-state index contributed by atoms with van der Waals surface area (Å²) in [5.74, 6) is -2.35. The first kappa shape index (κ1) is 15.9. The predicted octanol–water partition coefficient (Wildman–Crippen LogP) is 1.99. The minimum atomic E-state index is -0.916. The van der Waals surface area contributed by atoms with Crippen molar-refractivity contribution in [3.63, 3.8) is 0 Å². The maximum atomic E-state index is 13.5. The summed E-state index contributed by atoms with van der Waals surface area (Å²) in [7, 11) is 1.15. The highest BCUT2D eigenvalue weighted by Crippen LogP contribution is 2.25. The van der Waals surface area contributed by atoms with Crippen molar-refractivity contribution < 1.29 is 23.4 Å². The van der Waals surface area contributed by atoms with Crippen LogP contribution < -0.4 is 10.1 Å². The fraction of sp³-hybridized carbons (Fsp3) is 0.308. The number of nitrogens with zero attached hydrogens (tertiary/aromatic N) is 1. The van der Waals surface area contributed by atoms with E-state index in [1.54, 1.807) is 0 Å². The fourth-order valence-electron chi connectivity index (χ4n) is 1.58. The summed E-state index contributed by atoms with van der Waals surface area (Å²) < 4.78 is 31.5. The minimum Gasteiger partial charge on any atom is -0.491 e. The molecule has 0 saturated carbocycles. The van der Waals surface area contributed by atoms with E-state index in [1.165, 1.54) is 11.0 Å². The molecule has 0 aliphatic rings. The van der Waals surface area contributed by atoms with E-state index in [-0.39, 0.29) is 25.4 Å². The fourth-order valence-corrected chi connectivity index (χ4v) is 1.58. The van der Waals surface area contributed by atoms with Gasteiger partial charge in [-0.05, 0) is 0 Å². The van der Waals surface area contributed by atoms with Gasteiger partial charge in [0.1, 0.15) is 0 Å². The highest BCUT2D eigenvalue weighted by molar-refractivity contribution is 5.89. The standard InChI is InChI=1S/C13H16F2N2O3/c1-3-4-17(5-6-18)13(19)16-9-7-10(14)12(20-2)11(15)8-9/h3,7-8,18H,1,4-6H2,2H3,(H,16,19). The topological polar surface area (TPSA) is 61.8 Å². The predicted molar refractivity (Wildman–Crippen MR) is 70.8 cm³/mol. The van der Waals surface area contributed by atoms with Crippen molar-refractivity contribution in [2.75, 3.05) is 32.1 Å². The number of rotatable bonds is 6. The molecule has 0 aliphatic carbocycles. The molecule has 0 atom stereocenters. The molecular weight excluding hydrogens is 270 g/mol. The second kappa shape index (κ2) is 7.44. The molecule has 110 valence electrons. The lowest BCUT2D eigenvalue weighted by Crippen LogP contribution is -2.37. The van der Waals surface area contributed by atoms with E-state index >= 15 is 0 Å². The van der Waals surface area contributed by atoms with Crippen molar-refractivity contribution in [2.45, 2.75) is 0 Å². The minimum absolute atomic E-state index is 0.0437. The van der Waals surface area contributed by atoms with Crippen LogP contribution in [0.5, 0.6) is 5.75 Å². The number of carbonyl (C=O) groups excluding carboxylic acids is 1. The first-order valence-corrected chi connectivity index (χ1v) is 5.84. The summed E-state index contributed by atoms with van der Waals surface area (Å²) in [5.41, 5.74) is -0.0437. The molecule has 0 radical (unpaired) electrons. The van der Waals surface area contributed by atoms with Gasteiger partial charge >= 0.3 is 6.03 Å². The number of aliphatic hydroxyl groups is 1. The number of methoxy groups -OCH3 is 1. The van der Waals surface area contributed by atoms with Gasteiger partial charge in [-0.2, -0.15) is 0 Å². The van der Waals surface area contributed by atoms with Crippen molar-refractivity contribution in [3.05, 3.63) is 36.4 Å². The second-order valence-electron chi connectivity index (χ2n) is 3.86. The number of hydrogen-bond donors (Lipinski definition) is 2. The van der Waals surface area contributed by atoms with Crippen LogP contribution in [0.15, 0.2) is 24.8 Å². The van der Waals surface area contributed by atoms with E-state index in [2.05, 4.69) is 16.6 Å². The van der Waals surface area contributed by atoms with Crippen LogP contribution >= 0.6 is 0 Å². The molecule has 2 N–H and O–H groups in total. The molecule has 1 aromatic carbocycles. The Labute approximate surface area is 115 Å². The molecule has 0 spiro atoms. The molecule has 20 heavy (non-hydrogen) atoms. The molecule has 0 aliphatic heterocycles. The maximum absolute atomic E-state index is 13.5. The largest absolute Gasteiger partial charge is 0.491 e. The van der Waals surface area contributed by atoms with Crippen LogP contribution in [-0.4, -0.2) is 42.8 Å². The monoisotopic (exact) mass is 286 g/mol. The Morgan fingerprint density at radius 2 is 2.10 bits per heavy atom. The van der Waals surface area contributed by atoms with Gasteiger partial charge in [-0.3, -0.25) is 0 Å². The molecular formula is C13H16F2N2O3. The Bertz CT molecular complexity index is 471. The zero-order chi connectivity index (χ0) is 15.1. The number of amides is 2. The zero-order valence-electron chi connectivity index (χ0n) is 11.0. The highest BCUT2D eigenvalue weighted by Gasteiger charge is 2.15. The summed E-state index contributed by atoms with van der Waals surface area (Å²) in [4.78, 5) is 13.1. The molecule has 0 heterocycles. The van der Waals surface area contributed by atoms with Crippen LogP contribution in [0.1, 0.15) is 0 Å². The Kier molecular flexibility index (Phi) is 5.92. The maximum Gasteiger partial charge on any atom is 0.322 e. The molecule has 0 bridgehead atoms. The van der Waals surface area contributed by atoms with Gasteiger partial charge in [-0.25, -0.2) is 13.6 Å². The number of anilines is 1. The summed E-state index contributed by atoms with van der Waals surface area (Å²) in [5, 5.41) is 11.2. The first-order chi connectivity index (χ1) is 9.53. The molecule has 0 fully saturated rings. The molecule has 0 unspecified atom stereocenters. The van der Waals surface area contributed by atoms with Gasteiger partial charge in [0.15, 0.2) is 17.4 Å². The van der Waals surface area contributed by atoms with Crippen molar-refractivity contribution in [1.29, 1.82) is 0 Å². The highest BCUT2D eigenvalue weighted by atomic mass is 19.1. The zero-order valence-corrected chi connectivity index (χ0v) is 11.0. The van der Waals surface area contributed by atoms with Gasteiger partial charge in [0.25, 0.3) is 0 Å². The van der Waals surface area contributed by atoms with Crippen molar-refractivity contribution in [2.24, 2.45) is 0 Å². The van der Waals surface area contributed by atoms with E-state index in [9.17, 15) is 13.6 Å². The smallest absolute Gasteiger partial charge is 0.322 e. The summed E-state index contributed by atoms with van der Waals surface area (Å²) in [6.45, 7) is 3.54. The van der Waals surface area contributed by atoms with E-state index in [0.717, 1.165) is 19.2 Å². The van der Waals surface area contributed by atoms with E-state index in [4.69, 9.17) is 5.11 Å². The van der Waals surface area contributed by atoms with Gasteiger partial charge < -0.3 is 20.1 Å². The molecule has 0 aromatic heterocycles. The third kappa shape index (κ3) is 3.92. The molecule has 2 amide bonds. The van der Waals surface area contributed by atoms with Gasteiger partial charge in [0.05, 0.1) is 13.7 Å². The van der Waals surface area contributed by atoms with Crippen molar-refractivity contribution >= 4 is 11.7 Å². The number of benzene rings is 1. The van der Waals surface area contributed by atoms with Crippen molar-refractivity contribution in [3.8, 4) is 5.75 Å². The summed E-state index contributed by atoms with van der Waals surface area (Å²) in [6.07, 6.45) is 1.48. The number of ether oxygens (including phenoxy) is 1. The lowest BCUT2D eigenvalue weighted by Gasteiger charge is -2.20. The summed E-state index contributed by atoms with van der Waals surface area (Å²) >= 11 is 0. The third-order valence-corrected chi connectivity index (χ3v) is 2.46. The van der Waals surface area contributed by atoms with Crippen LogP contribution in [0.4, 0.5) is 19.3 Å². The van der Waals surface area contributed by atoms with Crippen LogP contribution in [0.3, 0.4) is 0 Å². The summed E-state index contributed by atoms with van der Waals surface area (Å²) in [6, 6.07) is 1.30. The van der Waals surface area contributed by atoms with Crippen LogP contribution in [0.2, 0.25) is 0 Å². The normalized spacial score (nSPS) is 10.0.